The number of rotatable bonds is 6. The van der Waals surface area contributed by atoms with Gasteiger partial charge in [0, 0.05) is 32.1 Å². The highest BCUT2D eigenvalue weighted by atomic mass is 79.9. The smallest absolute Gasteiger partial charge is 0.247 e. The van der Waals surface area contributed by atoms with Crippen molar-refractivity contribution in [3.63, 3.8) is 0 Å². The van der Waals surface area contributed by atoms with E-state index in [9.17, 15) is 8.42 Å². The molecule has 0 aromatic carbocycles. The monoisotopic (exact) mass is 373 g/mol. The average molecular weight is 374 g/mol. The molecule has 0 atom stereocenters. The van der Waals surface area contributed by atoms with E-state index in [1.54, 1.807) is 31.6 Å². The second-order valence-corrected chi connectivity index (χ2v) is 7.23. The van der Waals surface area contributed by atoms with E-state index >= 15 is 0 Å². The molecule has 2 heterocycles. The van der Waals surface area contributed by atoms with Gasteiger partial charge in [-0.15, -0.1) is 0 Å². The Morgan fingerprint density at radius 3 is 2.67 bits per heavy atom. The fourth-order valence-electron chi connectivity index (χ4n) is 1.83. The van der Waals surface area contributed by atoms with E-state index in [1.165, 1.54) is 17.4 Å². The molecule has 0 amide bonds. The van der Waals surface area contributed by atoms with Gasteiger partial charge in [-0.25, -0.2) is 8.42 Å². The quantitative estimate of drug-likeness (QED) is 0.837. The maximum Gasteiger partial charge on any atom is 0.247 e. The molecule has 0 fully saturated rings. The van der Waals surface area contributed by atoms with Gasteiger partial charge in [-0.3, -0.25) is 4.98 Å². The predicted molar refractivity (Wildman–Crippen MR) is 82.1 cm³/mol. The lowest BCUT2D eigenvalue weighted by atomic mass is 10.3. The molecule has 21 heavy (non-hydrogen) atoms. The van der Waals surface area contributed by atoms with Crippen molar-refractivity contribution in [3.05, 3.63) is 46.6 Å². The SMILES string of the molecule is CNCc1cc(S(=O)(=O)N(C)Cc2ccncc2)c(Br)o1. The highest BCUT2D eigenvalue weighted by Gasteiger charge is 2.27. The van der Waals surface area contributed by atoms with Gasteiger partial charge in [0.1, 0.15) is 10.7 Å². The zero-order chi connectivity index (χ0) is 15.5. The minimum absolute atomic E-state index is 0.129. The van der Waals surface area contributed by atoms with Gasteiger partial charge in [-0.1, -0.05) is 0 Å². The Morgan fingerprint density at radius 1 is 1.38 bits per heavy atom. The van der Waals surface area contributed by atoms with Crippen LogP contribution in [0.25, 0.3) is 0 Å². The predicted octanol–water partition coefficient (Wildman–Crippen LogP) is 1.98. The van der Waals surface area contributed by atoms with Crippen LogP contribution in [0.2, 0.25) is 0 Å². The molecular formula is C13H16BrN3O3S. The first-order valence-corrected chi connectivity index (χ1v) is 8.46. The van der Waals surface area contributed by atoms with Gasteiger partial charge >= 0.3 is 0 Å². The van der Waals surface area contributed by atoms with Crippen LogP contribution in [0.4, 0.5) is 0 Å². The second kappa shape index (κ2) is 6.69. The normalized spacial score (nSPS) is 12.0. The number of hydrogen-bond acceptors (Lipinski definition) is 5. The molecule has 0 saturated heterocycles. The van der Waals surface area contributed by atoms with Crippen molar-refractivity contribution >= 4 is 26.0 Å². The standard InChI is InChI=1S/C13H16BrN3O3S/c1-15-8-11-7-12(13(14)20-11)21(18,19)17(2)9-10-3-5-16-6-4-10/h3-7,15H,8-9H2,1-2H3. The second-order valence-electron chi connectivity index (χ2n) is 4.50. The van der Waals surface area contributed by atoms with Gasteiger partial charge in [0.25, 0.3) is 0 Å². The number of halogens is 1. The molecule has 2 aromatic heterocycles. The Morgan fingerprint density at radius 2 is 2.05 bits per heavy atom. The van der Waals surface area contributed by atoms with Gasteiger partial charge in [0.05, 0.1) is 6.54 Å². The number of hydrogen-bond donors (Lipinski definition) is 1. The van der Waals surface area contributed by atoms with Crippen LogP contribution in [0, 0.1) is 0 Å². The topological polar surface area (TPSA) is 75.4 Å². The average Bonchev–Trinajstić information content (AvgIpc) is 2.82. The molecule has 0 bridgehead atoms. The molecule has 0 aliphatic heterocycles. The lowest BCUT2D eigenvalue weighted by molar-refractivity contribution is 0.454. The third kappa shape index (κ3) is 3.70. The highest BCUT2D eigenvalue weighted by molar-refractivity contribution is 9.10. The van der Waals surface area contributed by atoms with Crippen LogP contribution >= 0.6 is 15.9 Å². The first-order valence-electron chi connectivity index (χ1n) is 6.23. The summed E-state index contributed by atoms with van der Waals surface area (Å²) >= 11 is 3.17. The van der Waals surface area contributed by atoms with Crippen LogP contribution in [0.5, 0.6) is 0 Å². The van der Waals surface area contributed by atoms with Gasteiger partial charge in [0.2, 0.25) is 10.0 Å². The van der Waals surface area contributed by atoms with E-state index in [0.29, 0.717) is 12.3 Å². The molecule has 2 aromatic rings. The van der Waals surface area contributed by atoms with Gasteiger partial charge in [-0.2, -0.15) is 4.31 Å². The van der Waals surface area contributed by atoms with Crippen LogP contribution in [0.15, 0.2) is 44.6 Å². The van der Waals surface area contributed by atoms with Crippen molar-refractivity contribution in [2.45, 2.75) is 18.0 Å². The van der Waals surface area contributed by atoms with E-state index in [2.05, 4.69) is 26.2 Å². The summed E-state index contributed by atoms with van der Waals surface area (Å²) in [6, 6.07) is 5.09. The maximum absolute atomic E-state index is 12.6. The minimum atomic E-state index is -3.62. The molecule has 0 aliphatic carbocycles. The summed E-state index contributed by atoms with van der Waals surface area (Å²) in [5, 5.41) is 2.92. The number of sulfonamides is 1. The first-order chi connectivity index (χ1) is 9.95. The molecule has 6 nitrogen and oxygen atoms in total. The Labute approximate surface area is 132 Å². The van der Waals surface area contributed by atoms with Crippen LogP contribution in [-0.4, -0.2) is 31.8 Å². The molecule has 2 rings (SSSR count). The summed E-state index contributed by atoms with van der Waals surface area (Å²) in [5.74, 6) is 0.556. The molecular weight excluding hydrogens is 358 g/mol. The van der Waals surface area contributed by atoms with E-state index in [4.69, 9.17) is 4.42 Å². The first kappa shape index (κ1) is 16.2. The number of furan rings is 1. The number of nitrogens with one attached hydrogen (secondary N) is 1. The molecule has 8 heteroatoms. The van der Waals surface area contributed by atoms with Gasteiger partial charge < -0.3 is 9.73 Å². The Kier molecular flexibility index (Phi) is 5.15. The third-order valence-electron chi connectivity index (χ3n) is 2.90. The molecule has 0 radical (unpaired) electrons. The Balaban J connectivity index is 2.24. The lowest BCUT2D eigenvalue weighted by Crippen LogP contribution is -2.26. The van der Waals surface area contributed by atoms with Crippen LogP contribution in [0.1, 0.15) is 11.3 Å². The van der Waals surface area contributed by atoms with Gasteiger partial charge in [0.15, 0.2) is 4.67 Å². The largest absolute Gasteiger partial charge is 0.452 e. The fraction of sp³-hybridized carbons (Fsp3) is 0.308. The zero-order valence-electron chi connectivity index (χ0n) is 11.7. The number of aromatic nitrogens is 1. The van der Waals surface area contributed by atoms with Crippen molar-refractivity contribution < 1.29 is 12.8 Å². The number of pyridine rings is 1. The van der Waals surface area contributed by atoms with Crippen molar-refractivity contribution in [1.82, 2.24) is 14.6 Å². The number of nitrogens with zero attached hydrogens (tertiary/aromatic N) is 2. The minimum Gasteiger partial charge on any atom is -0.452 e. The summed E-state index contributed by atoms with van der Waals surface area (Å²) in [4.78, 5) is 4.04. The highest BCUT2D eigenvalue weighted by Crippen LogP contribution is 2.28. The maximum atomic E-state index is 12.6. The van der Waals surface area contributed by atoms with E-state index in [0.717, 1.165) is 5.56 Å². The summed E-state index contributed by atoms with van der Waals surface area (Å²) in [5.41, 5.74) is 0.867. The van der Waals surface area contributed by atoms with Crippen molar-refractivity contribution in [1.29, 1.82) is 0 Å². The van der Waals surface area contributed by atoms with Crippen molar-refractivity contribution in [2.75, 3.05) is 14.1 Å². The van der Waals surface area contributed by atoms with E-state index < -0.39 is 10.0 Å². The Hall–Kier alpha value is -1.22. The van der Waals surface area contributed by atoms with E-state index in [-0.39, 0.29) is 16.1 Å². The molecule has 0 unspecified atom stereocenters. The van der Waals surface area contributed by atoms with Crippen LogP contribution < -0.4 is 5.32 Å². The molecule has 1 N–H and O–H groups in total. The molecule has 0 spiro atoms. The fourth-order valence-corrected chi connectivity index (χ4v) is 3.95. The van der Waals surface area contributed by atoms with Crippen molar-refractivity contribution in [3.8, 4) is 0 Å². The summed E-state index contributed by atoms with van der Waals surface area (Å²) in [6.07, 6.45) is 3.27. The third-order valence-corrected chi connectivity index (χ3v) is 5.56. The van der Waals surface area contributed by atoms with Crippen LogP contribution in [-0.2, 0) is 23.1 Å². The van der Waals surface area contributed by atoms with Gasteiger partial charge in [-0.05, 0) is 40.7 Å². The summed E-state index contributed by atoms with van der Waals surface area (Å²) in [7, 11) is -0.322. The zero-order valence-corrected chi connectivity index (χ0v) is 14.1. The van der Waals surface area contributed by atoms with Crippen molar-refractivity contribution in [2.24, 2.45) is 0 Å². The molecule has 0 aliphatic rings. The van der Waals surface area contributed by atoms with E-state index in [1.807, 2.05) is 0 Å². The molecule has 0 saturated carbocycles. The summed E-state index contributed by atoms with van der Waals surface area (Å²) in [6.45, 7) is 0.728. The Bertz CT molecular complexity index is 701. The summed E-state index contributed by atoms with van der Waals surface area (Å²) < 4.78 is 32.0. The molecule has 114 valence electrons. The lowest BCUT2D eigenvalue weighted by Gasteiger charge is -2.16. The van der Waals surface area contributed by atoms with Crippen LogP contribution in [0.3, 0.4) is 0 Å².